The average Bonchev–Trinajstić information content (AvgIpc) is 2.25. The molecule has 0 saturated carbocycles. The van der Waals surface area contributed by atoms with Gasteiger partial charge in [0.1, 0.15) is 14.9 Å². The zero-order valence-electron chi connectivity index (χ0n) is 7.61. The fourth-order valence-electron chi connectivity index (χ4n) is 1.19. The van der Waals surface area contributed by atoms with Crippen LogP contribution in [0.1, 0.15) is 0 Å². The first-order valence-electron chi connectivity index (χ1n) is 4.22. The monoisotopic (exact) mass is 327 g/mol. The molecule has 15 heavy (non-hydrogen) atoms. The van der Waals surface area contributed by atoms with Gasteiger partial charge in [-0.1, -0.05) is 30.3 Å². The van der Waals surface area contributed by atoms with Gasteiger partial charge in [-0.2, -0.15) is 0 Å². The highest BCUT2D eigenvalue weighted by atomic mass is 79.9. The number of nitrogens with two attached hydrogens (primary N) is 1. The molecule has 2 aromatic rings. The molecule has 0 fully saturated rings. The number of halogens is 2. The maximum Gasteiger partial charge on any atom is 0.157 e. The Labute approximate surface area is 104 Å². The standard InChI is InChI=1S/C10H7Br2N3/c11-8-7(6-4-2-1-3-5-6)14-10(13)9(12)15-8/h1-5H,(H2,13,14). The highest BCUT2D eigenvalue weighted by Crippen LogP contribution is 2.28. The van der Waals surface area contributed by atoms with Crippen LogP contribution in [0.4, 0.5) is 5.82 Å². The third-order valence-corrected chi connectivity index (χ3v) is 3.02. The van der Waals surface area contributed by atoms with E-state index in [9.17, 15) is 0 Å². The molecule has 2 rings (SSSR count). The normalized spacial score (nSPS) is 10.3. The summed E-state index contributed by atoms with van der Waals surface area (Å²) in [5.74, 6) is 0.386. The number of nitrogen functional groups attached to an aromatic ring is 1. The number of nitrogens with zero attached hydrogens (tertiary/aromatic N) is 2. The van der Waals surface area contributed by atoms with Crippen LogP contribution in [0.3, 0.4) is 0 Å². The molecule has 0 atom stereocenters. The molecule has 0 radical (unpaired) electrons. The van der Waals surface area contributed by atoms with Crippen molar-refractivity contribution in [3.63, 3.8) is 0 Å². The van der Waals surface area contributed by atoms with Crippen LogP contribution in [0.25, 0.3) is 11.3 Å². The molecule has 0 aliphatic heterocycles. The van der Waals surface area contributed by atoms with Crippen LogP contribution in [0.15, 0.2) is 39.5 Å². The molecular formula is C10H7Br2N3. The van der Waals surface area contributed by atoms with Gasteiger partial charge in [0.2, 0.25) is 0 Å². The van der Waals surface area contributed by atoms with Crippen LogP contribution in [0, 0.1) is 0 Å². The van der Waals surface area contributed by atoms with Crippen molar-refractivity contribution in [2.24, 2.45) is 0 Å². The molecule has 0 aliphatic carbocycles. The predicted molar refractivity (Wildman–Crippen MR) is 67.3 cm³/mol. The number of benzene rings is 1. The fraction of sp³-hybridized carbons (Fsp3) is 0. The van der Waals surface area contributed by atoms with Crippen molar-refractivity contribution in [3.8, 4) is 11.3 Å². The van der Waals surface area contributed by atoms with Gasteiger partial charge in [-0.15, -0.1) is 0 Å². The van der Waals surface area contributed by atoms with Crippen LogP contribution in [-0.4, -0.2) is 9.97 Å². The third kappa shape index (κ3) is 2.18. The number of rotatable bonds is 1. The zero-order valence-corrected chi connectivity index (χ0v) is 10.8. The van der Waals surface area contributed by atoms with E-state index in [2.05, 4.69) is 41.8 Å². The minimum Gasteiger partial charge on any atom is -0.381 e. The van der Waals surface area contributed by atoms with Gasteiger partial charge in [0.15, 0.2) is 5.82 Å². The van der Waals surface area contributed by atoms with Crippen LogP contribution < -0.4 is 5.73 Å². The van der Waals surface area contributed by atoms with E-state index < -0.39 is 0 Å². The summed E-state index contributed by atoms with van der Waals surface area (Å²) in [6.07, 6.45) is 0. The van der Waals surface area contributed by atoms with Gasteiger partial charge in [-0.25, -0.2) is 9.97 Å². The molecule has 0 bridgehead atoms. The van der Waals surface area contributed by atoms with Gasteiger partial charge >= 0.3 is 0 Å². The summed E-state index contributed by atoms with van der Waals surface area (Å²) in [5, 5.41) is 0. The summed E-state index contributed by atoms with van der Waals surface area (Å²) in [7, 11) is 0. The number of hydrogen-bond acceptors (Lipinski definition) is 3. The average molecular weight is 329 g/mol. The van der Waals surface area contributed by atoms with E-state index in [1.165, 1.54) is 0 Å². The van der Waals surface area contributed by atoms with Crippen molar-refractivity contribution in [2.75, 3.05) is 5.73 Å². The SMILES string of the molecule is Nc1nc(-c2ccccc2)c(Br)nc1Br. The zero-order chi connectivity index (χ0) is 10.8. The first-order chi connectivity index (χ1) is 7.18. The largest absolute Gasteiger partial charge is 0.381 e. The van der Waals surface area contributed by atoms with Gasteiger partial charge in [-0.05, 0) is 31.9 Å². The fourth-order valence-corrected chi connectivity index (χ4v) is 2.19. The van der Waals surface area contributed by atoms with Crippen LogP contribution >= 0.6 is 31.9 Å². The molecule has 2 N–H and O–H groups in total. The Morgan fingerprint density at radius 2 is 1.60 bits per heavy atom. The molecule has 1 aromatic carbocycles. The van der Waals surface area contributed by atoms with Crippen molar-refractivity contribution >= 4 is 37.7 Å². The molecule has 5 heteroatoms. The van der Waals surface area contributed by atoms with Crippen molar-refractivity contribution < 1.29 is 0 Å². The Balaban J connectivity index is 2.59. The highest BCUT2D eigenvalue weighted by molar-refractivity contribution is 9.11. The van der Waals surface area contributed by atoms with Crippen molar-refractivity contribution in [1.29, 1.82) is 0 Å². The summed E-state index contributed by atoms with van der Waals surface area (Å²) in [6.45, 7) is 0. The predicted octanol–water partition coefficient (Wildman–Crippen LogP) is 3.25. The summed E-state index contributed by atoms with van der Waals surface area (Å²) in [4.78, 5) is 8.46. The quantitative estimate of drug-likeness (QED) is 0.874. The van der Waals surface area contributed by atoms with Crippen LogP contribution in [0.2, 0.25) is 0 Å². The van der Waals surface area contributed by atoms with E-state index >= 15 is 0 Å². The van der Waals surface area contributed by atoms with Crippen LogP contribution in [0.5, 0.6) is 0 Å². The van der Waals surface area contributed by atoms with Crippen LogP contribution in [-0.2, 0) is 0 Å². The summed E-state index contributed by atoms with van der Waals surface area (Å²) < 4.78 is 1.23. The van der Waals surface area contributed by atoms with Crippen molar-refractivity contribution in [1.82, 2.24) is 9.97 Å². The molecule has 76 valence electrons. The Morgan fingerprint density at radius 3 is 2.27 bits per heavy atom. The lowest BCUT2D eigenvalue weighted by Gasteiger charge is -2.05. The molecule has 0 saturated heterocycles. The van der Waals surface area contributed by atoms with Gasteiger partial charge in [-0.3, -0.25) is 0 Å². The topological polar surface area (TPSA) is 51.8 Å². The Morgan fingerprint density at radius 1 is 0.933 bits per heavy atom. The minimum atomic E-state index is 0.386. The van der Waals surface area contributed by atoms with E-state index in [4.69, 9.17) is 5.73 Å². The molecule has 0 spiro atoms. The summed E-state index contributed by atoms with van der Waals surface area (Å²) in [6, 6.07) is 9.76. The lowest BCUT2D eigenvalue weighted by molar-refractivity contribution is 1.15. The lowest BCUT2D eigenvalue weighted by atomic mass is 10.2. The second-order valence-electron chi connectivity index (χ2n) is 2.91. The van der Waals surface area contributed by atoms with E-state index in [-0.39, 0.29) is 0 Å². The second-order valence-corrected chi connectivity index (χ2v) is 4.41. The van der Waals surface area contributed by atoms with E-state index in [1.54, 1.807) is 0 Å². The van der Waals surface area contributed by atoms with Gasteiger partial charge < -0.3 is 5.73 Å². The Hall–Kier alpha value is -0.940. The number of anilines is 1. The lowest BCUT2D eigenvalue weighted by Crippen LogP contribution is -1.97. The van der Waals surface area contributed by atoms with Crippen molar-refractivity contribution in [2.45, 2.75) is 0 Å². The first kappa shape index (κ1) is 10.6. The van der Waals surface area contributed by atoms with E-state index in [0.717, 1.165) is 11.3 Å². The maximum atomic E-state index is 5.69. The number of aromatic nitrogens is 2. The molecule has 1 aromatic heterocycles. The molecule has 0 aliphatic rings. The second kappa shape index (κ2) is 4.28. The molecule has 1 heterocycles. The summed E-state index contributed by atoms with van der Waals surface area (Å²) in [5.41, 5.74) is 7.41. The highest BCUT2D eigenvalue weighted by Gasteiger charge is 2.09. The summed E-state index contributed by atoms with van der Waals surface area (Å²) >= 11 is 6.58. The van der Waals surface area contributed by atoms with Gasteiger partial charge in [0.25, 0.3) is 0 Å². The van der Waals surface area contributed by atoms with Gasteiger partial charge in [0, 0.05) is 5.56 Å². The van der Waals surface area contributed by atoms with E-state index in [0.29, 0.717) is 15.0 Å². The molecular weight excluding hydrogens is 322 g/mol. The maximum absolute atomic E-state index is 5.69. The third-order valence-electron chi connectivity index (χ3n) is 1.88. The minimum absolute atomic E-state index is 0.386. The van der Waals surface area contributed by atoms with Gasteiger partial charge in [0.05, 0.1) is 0 Å². The smallest absolute Gasteiger partial charge is 0.157 e. The molecule has 0 unspecified atom stereocenters. The van der Waals surface area contributed by atoms with Crippen molar-refractivity contribution in [3.05, 3.63) is 39.5 Å². The Bertz CT molecular complexity index is 486. The number of hydrogen-bond donors (Lipinski definition) is 1. The van der Waals surface area contributed by atoms with E-state index in [1.807, 2.05) is 30.3 Å². The molecule has 3 nitrogen and oxygen atoms in total. The Kier molecular flexibility index (Phi) is 3.02. The first-order valence-corrected chi connectivity index (χ1v) is 5.81. The molecule has 0 amide bonds.